The first-order valence-corrected chi connectivity index (χ1v) is 6.66. The average Bonchev–Trinajstić information content (AvgIpc) is 2.37. The Bertz CT molecular complexity index is 484. The van der Waals surface area contributed by atoms with Crippen LogP contribution in [0.1, 0.15) is 6.42 Å². The lowest BCUT2D eigenvalue weighted by Crippen LogP contribution is -2.43. The summed E-state index contributed by atoms with van der Waals surface area (Å²) in [6.45, 7) is 0. The van der Waals surface area contributed by atoms with Gasteiger partial charge in [-0.15, -0.1) is 11.8 Å². The van der Waals surface area contributed by atoms with Crippen LogP contribution in [-0.4, -0.2) is 17.3 Å². The Balaban J connectivity index is 2.44. The number of hydrogen-bond acceptors (Lipinski definition) is 4. The predicted molar refractivity (Wildman–Crippen MR) is 76.0 cm³/mol. The average molecular weight is 280 g/mol. The number of amides is 1. The van der Waals surface area contributed by atoms with Crippen molar-refractivity contribution in [1.82, 2.24) is 10.9 Å². The van der Waals surface area contributed by atoms with E-state index in [1.807, 2.05) is 30.5 Å². The van der Waals surface area contributed by atoms with E-state index < -0.39 is 5.91 Å². The van der Waals surface area contributed by atoms with Gasteiger partial charge in [0.15, 0.2) is 5.11 Å². The molecule has 0 saturated carbocycles. The van der Waals surface area contributed by atoms with Crippen LogP contribution in [0, 0.1) is 11.3 Å². The molecule has 0 fully saturated rings. The number of benzene rings is 1. The predicted octanol–water partition coefficient (Wildman–Crippen LogP) is 1.64. The molecule has 7 heteroatoms. The maximum absolute atomic E-state index is 11.0. The van der Waals surface area contributed by atoms with Gasteiger partial charge in [-0.2, -0.15) is 5.26 Å². The number of carbonyl (C=O) groups excluding carboxylic acids is 1. The summed E-state index contributed by atoms with van der Waals surface area (Å²) in [5.41, 5.74) is 5.66. The molecule has 1 amide bonds. The van der Waals surface area contributed by atoms with Gasteiger partial charge in [0.25, 0.3) is 5.91 Å². The van der Waals surface area contributed by atoms with Gasteiger partial charge in [-0.1, -0.05) is 6.07 Å². The third kappa shape index (κ3) is 5.03. The van der Waals surface area contributed by atoms with Gasteiger partial charge in [0.05, 0.1) is 6.07 Å². The molecule has 1 aromatic rings. The highest BCUT2D eigenvalue weighted by molar-refractivity contribution is 7.98. The van der Waals surface area contributed by atoms with E-state index in [0.29, 0.717) is 0 Å². The highest BCUT2D eigenvalue weighted by Crippen LogP contribution is 2.18. The zero-order chi connectivity index (χ0) is 13.4. The van der Waals surface area contributed by atoms with E-state index in [0.717, 1.165) is 10.6 Å². The Morgan fingerprint density at radius 2 is 2.28 bits per heavy atom. The minimum absolute atomic E-state index is 0.211. The standard InChI is InChI=1S/C11H12N4OS2/c1-18-9-4-2-3-8(7-9)13-11(17)15-14-10(16)5-6-12/h2-4,7H,5H2,1H3,(H,14,16)(H2,13,15,17). The third-order valence-electron chi connectivity index (χ3n) is 1.88. The molecular formula is C11H12N4OS2. The van der Waals surface area contributed by atoms with Crippen LogP contribution in [0.25, 0.3) is 0 Å². The van der Waals surface area contributed by atoms with Gasteiger partial charge in [-0.3, -0.25) is 15.6 Å². The Labute approximate surface area is 115 Å². The Kier molecular flexibility index (Phi) is 5.97. The summed E-state index contributed by atoms with van der Waals surface area (Å²) in [5, 5.41) is 11.5. The minimum atomic E-state index is -0.431. The second-order valence-electron chi connectivity index (χ2n) is 3.19. The molecule has 0 heterocycles. The summed E-state index contributed by atoms with van der Waals surface area (Å²) >= 11 is 6.62. The summed E-state index contributed by atoms with van der Waals surface area (Å²) in [4.78, 5) is 12.1. The van der Waals surface area contributed by atoms with Crippen LogP contribution in [0.15, 0.2) is 29.2 Å². The monoisotopic (exact) mass is 280 g/mol. The number of nitriles is 1. The second kappa shape index (κ2) is 7.53. The largest absolute Gasteiger partial charge is 0.331 e. The summed E-state index contributed by atoms with van der Waals surface area (Å²) in [7, 11) is 0. The number of hydrazine groups is 1. The van der Waals surface area contributed by atoms with Crippen molar-refractivity contribution < 1.29 is 4.79 Å². The number of carbonyl (C=O) groups is 1. The highest BCUT2D eigenvalue weighted by Gasteiger charge is 2.01. The van der Waals surface area contributed by atoms with Crippen LogP contribution in [0.4, 0.5) is 5.69 Å². The SMILES string of the molecule is CSc1cccc(NC(=S)NNC(=O)CC#N)c1. The molecule has 0 bridgehead atoms. The van der Waals surface area contributed by atoms with Gasteiger partial charge in [-0.05, 0) is 36.7 Å². The number of nitrogens with one attached hydrogen (secondary N) is 3. The van der Waals surface area contributed by atoms with E-state index in [-0.39, 0.29) is 11.5 Å². The number of anilines is 1. The van der Waals surface area contributed by atoms with Crippen molar-refractivity contribution in [3.63, 3.8) is 0 Å². The molecule has 0 unspecified atom stereocenters. The molecule has 1 aromatic carbocycles. The van der Waals surface area contributed by atoms with Gasteiger partial charge >= 0.3 is 0 Å². The number of rotatable bonds is 3. The molecule has 5 nitrogen and oxygen atoms in total. The lowest BCUT2D eigenvalue weighted by atomic mass is 10.3. The third-order valence-corrected chi connectivity index (χ3v) is 2.81. The van der Waals surface area contributed by atoms with Crippen molar-refractivity contribution in [2.24, 2.45) is 0 Å². The van der Waals surface area contributed by atoms with Crippen LogP contribution >= 0.6 is 24.0 Å². The van der Waals surface area contributed by atoms with Gasteiger partial charge in [-0.25, -0.2) is 0 Å². The maximum atomic E-state index is 11.0. The van der Waals surface area contributed by atoms with Crippen LogP contribution < -0.4 is 16.2 Å². The molecule has 0 radical (unpaired) electrons. The molecule has 0 spiro atoms. The van der Waals surface area contributed by atoms with Crippen LogP contribution in [0.5, 0.6) is 0 Å². The normalized spacial score (nSPS) is 9.11. The molecule has 94 valence electrons. The summed E-state index contributed by atoms with van der Waals surface area (Å²) in [6.07, 6.45) is 1.77. The van der Waals surface area contributed by atoms with E-state index in [9.17, 15) is 4.79 Å². The van der Waals surface area contributed by atoms with Gasteiger partial charge in [0.1, 0.15) is 6.42 Å². The molecule has 0 aromatic heterocycles. The van der Waals surface area contributed by atoms with Crippen molar-refractivity contribution in [3.8, 4) is 6.07 Å². The van der Waals surface area contributed by atoms with E-state index in [1.165, 1.54) is 0 Å². The first-order valence-electron chi connectivity index (χ1n) is 5.02. The first-order chi connectivity index (χ1) is 8.65. The number of thiocarbonyl (C=S) groups is 1. The van der Waals surface area contributed by atoms with E-state index in [2.05, 4.69) is 16.2 Å². The number of thioether (sulfide) groups is 1. The van der Waals surface area contributed by atoms with Crippen LogP contribution in [-0.2, 0) is 4.79 Å². The second-order valence-corrected chi connectivity index (χ2v) is 4.48. The zero-order valence-corrected chi connectivity index (χ0v) is 11.3. The lowest BCUT2D eigenvalue weighted by Gasteiger charge is -2.11. The zero-order valence-electron chi connectivity index (χ0n) is 9.69. The lowest BCUT2D eigenvalue weighted by molar-refractivity contribution is -0.120. The molecule has 0 aliphatic heterocycles. The van der Waals surface area contributed by atoms with E-state index >= 15 is 0 Å². The van der Waals surface area contributed by atoms with Gasteiger partial charge in [0.2, 0.25) is 0 Å². The Morgan fingerprint density at radius 1 is 1.50 bits per heavy atom. The topological polar surface area (TPSA) is 76.9 Å². The highest BCUT2D eigenvalue weighted by atomic mass is 32.2. The molecule has 0 saturated heterocycles. The van der Waals surface area contributed by atoms with Crippen molar-refractivity contribution >= 4 is 40.7 Å². The van der Waals surface area contributed by atoms with Crippen molar-refractivity contribution in [3.05, 3.63) is 24.3 Å². The van der Waals surface area contributed by atoms with Crippen molar-refractivity contribution in [1.29, 1.82) is 5.26 Å². The fourth-order valence-electron chi connectivity index (χ4n) is 1.11. The number of hydrogen-bond donors (Lipinski definition) is 3. The van der Waals surface area contributed by atoms with Crippen molar-refractivity contribution in [2.45, 2.75) is 11.3 Å². The summed E-state index contributed by atoms with van der Waals surface area (Å²) in [6, 6.07) is 9.44. The van der Waals surface area contributed by atoms with Crippen LogP contribution in [0.3, 0.4) is 0 Å². The van der Waals surface area contributed by atoms with Gasteiger partial charge in [0, 0.05) is 10.6 Å². The molecule has 18 heavy (non-hydrogen) atoms. The van der Waals surface area contributed by atoms with E-state index in [1.54, 1.807) is 17.8 Å². The van der Waals surface area contributed by atoms with Gasteiger partial charge < -0.3 is 5.32 Å². The quantitative estimate of drug-likeness (QED) is 0.444. The Morgan fingerprint density at radius 3 is 2.94 bits per heavy atom. The first kappa shape index (κ1) is 14.3. The molecular weight excluding hydrogens is 268 g/mol. The summed E-state index contributed by atoms with van der Waals surface area (Å²) in [5.74, 6) is -0.431. The summed E-state index contributed by atoms with van der Waals surface area (Å²) < 4.78 is 0. The Hall–Kier alpha value is -1.78. The smallest absolute Gasteiger partial charge is 0.252 e. The van der Waals surface area contributed by atoms with Crippen molar-refractivity contribution in [2.75, 3.05) is 11.6 Å². The minimum Gasteiger partial charge on any atom is -0.331 e. The molecule has 3 N–H and O–H groups in total. The van der Waals surface area contributed by atoms with Crippen LogP contribution in [0.2, 0.25) is 0 Å². The maximum Gasteiger partial charge on any atom is 0.252 e. The fourth-order valence-corrected chi connectivity index (χ4v) is 1.73. The molecule has 0 atom stereocenters. The fraction of sp³-hybridized carbons (Fsp3) is 0.182. The van der Waals surface area contributed by atoms with E-state index in [4.69, 9.17) is 17.5 Å². The number of nitrogens with zero attached hydrogens (tertiary/aromatic N) is 1. The molecule has 0 aliphatic carbocycles. The molecule has 1 rings (SSSR count). The molecule has 0 aliphatic rings.